The van der Waals surface area contributed by atoms with Gasteiger partial charge >= 0.3 is 0 Å². The molecule has 0 saturated heterocycles. The SMILES string of the molecule is CC(N)CCc1nc(N)n(C)n1. The smallest absolute Gasteiger partial charge is 0.218 e. The van der Waals surface area contributed by atoms with E-state index in [1.807, 2.05) is 6.92 Å². The van der Waals surface area contributed by atoms with E-state index in [4.69, 9.17) is 11.5 Å². The molecule has 1 heterocycles. The van der Waals surface area contributed by atoms with E-state index in [0.29, 0.717) is 5.95 Å². The molecule has 4 N–H and O–H groups in total. The van der Waals surface area contributed by atoms with Crippen LogP contribution in [0.4, 0.5) is 5.95 Å². The fourth-order valence-electron chi connectivity index (χ4n) is 0.914. The number of hydrogen-bond acceptors (Lipinski definition) is 4. The maximum absolute atomic E-state index is 5.59. The number of anilines is 1. The van der Waals surface area contributed by atoms with Crippen molar-refractivity contribution >= 4 is 5.95 Å². The van der Waals surface area contributed by atoms with Crippen molar-refractivity contribution in [2.24, 2.45) is 12.8 Å². The highest BCUT2D eigenvalue weighted by Gasteiger charge is 2.04. The molecule has 1 aromatic heterocycles. The largest absolute Gasteiger partial charge is 0.368 e. The van der Waals surface area contributed by atoms with Gasteiger partial charge in [0.25, 0.3) is 0 Å². The fourth-order valence-corrected chi connectivity index (χ4v) is 0.914. The fraction of sp³-hybridized carbons (Fsp3) is 0.714. The van der Waals surface area contributed by atoms with Crippen LogP contribution in [-0.2, 0) is 13.5 Å². The highest BCUT2D eigenvalue weighted by Crippen LogP contribution is 2.01. The Morgan fingerprint density at radius 3 is 2.67 bits per heavy atom. The van der Waals surface area contributed by atoms with Gasteiger partial charge in [-0.3, -0.25) is 0 Å². The summed E-state index contributed by atoms with van der Waals surface area (Å²) >= 11 is 0. The third-order valence-corrected chi connectivity index (χ3v) is 1.66. The van der Waals surface area contributed by atoms with Crippen LogP contribution in [0.1, 0.15) is 19.2 Å². The third-order valence-electron chi connectivity index (χ3n) is 1.66. The molecule has 1 atom stereocenters. The van der Waals surface area contributed by atoms with Gasteiger partial charge in [-0.15, -0.1) is 0 Å². The molecule has 1 unspecified atom stereocenters. The Morgan fingerprint density at radius 1 is 1.58 bits per heavy atom. The van der Waals surface area contributed by atoms with Crippen molar-refractivity contribution in [1.29, 1.82) is 0 Å². The summed E-state index contributed by atoms with van der Waals surface area (Å²) in [5.41, 5.74) is 11.1. The van der Waals surface area contributed by atoms with E-state index in [9.17, 15) is 0 Å². The predicted molar refractivity (Wildman–Crippen MR) is 47.4 cm³/mol. The zero-order valence-electron chi connectivity index (χ0n) is 7.49. The number of hydrogen-bond donors (Lipinski definition) is 2. The van der Waals surface area contributed by atoms with Crippen molar-refractivity contribution < 1.29 is 0 Å². The summed E-state index contributed by atoms with van der Waals surface area (Å²) in [7, 11) is 1.78. The van der Waals surface area contributed by atoms with Gasteiger partial charge in [-0.1, -0.05) is 0 Å². The lowest BCUT2D eigenvalue weighted by Crippen LogP contribution is -2.15. The molecule has 1 aromatic rings. The Bertz CT molecular complexity index is 233. The second-order valence-corrected chi connectivity index (χ2v) is 3.03. The molecule has 0 saturated carbocycles. The molecule has 1 rings (SSSR count). The molecule has 68 valence electrons. The molecule has 0 radical (unpaired) electrons. The van der Waals surface area contributed by atoms with E-state index in [2.05, 4.69) is 10.1 Å². The first-order valence-electron chi connectivity index (χ1n) is 4.00. The first kappa shape index (κ1) is 8.99. The van der Waals surface area contributed by atoms with E-state index in [-0.39, 0.29) is 6.04 Å². The number of rotatable bonds is 3. The van der Waals surface area contributed by atoms with E-state index in [1.54, 1.807) is 11.7 Å². The Morgan fingerprint density at radius 2 is 2.25 bits per heavy atom. The summed E-state index contributed by atoms with van der Waals surface area (Å²) in [5, 5.41) is 4.11. The maximum atomic E-state index is 5.59. The number of nitrogens with two attached hydrogens (primary N) is 2. The van der Waals surface area contributed by atoms with E-state index in [1.165, 1.54) is 0 Å². The number of aromatic nitrogens is 3. The van der Waals surface area contributed by atoms with Crippen LogP contribution in [0, 0.1) is 0 Å². The molecular formula is C7H15N5. The van der Waals surface area contributed by atoms with Crippen LogP contribution in [0.15, 0.2) is 0 Å². The van der Waals surface area contributed by atoms with Gasteiger partial charge in [-0.2, -0.15) is 10.1 Å². The van der Waals surface area contributed by atoms with Gasteiger partial charge in [0.05, 0.1) is 0 Å². The highest BCUT2D eigenvalue weighted by molar-refractivity contribution is 5.15. The van der Waals surface area contributed by atoms with Crippen molar-refractivity contribution in [3.8, 4) is 0 Å². The lowest BCUT2D eigenvalue weighted by Gasteiger charge is -1.99. The Balaban J connectivity index is 2.53. The summed E-state index contributed by atoms with van der Waals surface area (Å²) in [6, 6.07) is 0.190. The summed E-state index contributed by atoms with van der Waals surface area (Å²) < 4.78 is 1.57. The first-order valence-corrected chi connectivity index (χ1v) is 4.00. The predicted octanol–water partition coefficient (Wildman–Crippen LogP) is -0.323. The number of aryl methyl sites for hydroxylation is 2. The van der Waals surface area contributed by atoms with Crippen LogP contribution in [0.5, 0.6) is 0 Å². The summed E-state index contributed by atoms with van der Waals surface area (Å²) in [5.74, 6) is 1.22. The first-order chi connectivity index (χ1) is 5.59. The molecule has 0 amide bonds. The molecule has 0 aromatic carbocycles. The minimum atomic E-state index is 0.190. The quantitative estimate of drug-likeness (QED) is 0.649. The van der Waals surface area contributed by atoms with Crippen LogP contribution >= 0.6 is 0 Å². The lowest BCUT2D eigenvalue weighted by atomic mass is 10.2. The molecule has 5 heteroatoms. The normalized spacial score (nSPS) is 13.2. The summed E-state index contributed by atoms with van der Waals surface area (Å²) in [6.45, 7) is 1.96. The van der Waals surface area contributed by atoms with Crippen molar-refractivity contribution in [1.82, 2.24) is 14.8 Å². The zero-order chi connectivity index (χ0) is 9.14. The standard InChI is InChI=1S/C7H15N5/c1-5(8)3-4-6-10-7(9)12(2)11-6/h5H,3-4,8H2,1-2H3,(H2,9,10,11). The molecule has 0 aliphatic rings. The average molecular weight is 169 g/mol. The molecule has 0 fully saturated rings. The Hall–Kier alpha value is -1.10. The maximum Gasteiger partial charge on any atom is 0.218 e. The van der Waals surface area contributed by atoms with Crippen molar-refractivity contribution in [2.45, 2.75) is 25.8 Å². The molecule has 0 aliphatic carbocycles. The highest BCUT2D eigenvalue weighted by atomic mass is 15.4. The molecule has 12 heavy (non-hydrogen) atoms. The molecule has 0 aliphatic heterocycles. The topological polar surface area (TPSA) is 82.7 Å². The molecule has 5 nitrogen and oxygen atoms in total. The van der Waals surface area contributed by atoms with Crippen LogP contribution in [0.25, 0.3) is 0 Å². The average Bonchev–Trinajstić information content (AvgIpc) is 2.28. The van der Waals surface area contributed by atoms with Crippen LogP contribution in [0.3, 0.4) is 0 Å². The molecular weight excluding hydrogens is 154 g/mol. The van der Waals surface area contributed by atoms with Crippen molar-refractivity contribution in [2.75, 3.05) is 5.73 Å². The second kappa shape index (κ2) is 3.53. The van der Waals surface area contributed by atoms with Crippen LogP contribution < -0.4 is 11.5 Å². The van der Waals surface area contributed by atoms with Gasteiger partial charge in [0.15, 0.2) is 5.82 Å². The van der Waals surface area contributed by atoms with Crippen LogP contribution in [-0.4, -0.2) is 20.8 Å². The van der Waals surface area contributed by atoms with Gasteiger partial charge < -0.3 is 11.5 Å². The van der Waals surface area contributed by atoms with E-state index >= 15 is 0 Å². The number of nitrogens with zero attached hydrogens (tertiary/aromatic N) is 3. The molecule has 0 spiro atoms. The monoisotopic (exact) mass is 169 g/mol. The Kier molecular flexibility index (Phi) is 2.65. The minimum absolute atomic E-state index is 0.190. The lowest BCUT2D eigenvalue weighted by molar-refractivity contribution is 0.640. The van der Waals surface area contributed by atoms with Crippen LogP contribution in [0.2, 0.25) is 0 Å². The van der Waals surface area contributed by atoms with E-state index in [0.717, 1.165) is 18.7 Å². The second-order valence-electron chi connectivity index (χ2n) is 3.03. The zero-order valence-corrected chi connectivity index (χ0v) is 7.49. The van der Waals surface area contributed by atoms with E-state index < -0.39 is 0 Å². The van der Waals surface area contributed by atoms with Gasteiger partial charge in [0.1, 0.15) is 0 Å². The number of nitrogen functional groups attached to an aromatic ring is 1. The summed E-state index contributed by atoms with van der Waals surface area (Å²) in [4.78, 5) is 4.06. The summed E-state index contributed by atoms with van der Waals surface area (Å²) in [6.07, 6.45) is 1.69. The van der Waals surface area contributed by atoms with Gasteiger partial charge in [0, 0.05) is 19.5 Å². The van der Waals surface area contributed by atoms with Crippen molar-refractivity contribution in [3.63, 3.8) is 0 Å². The van der Waals surface area contributed by atoms with Gasteiger partial charge in [-0.05, 0) is 13.3 Å². The third kappa shape index (κ3) is 2.20. The van der Waals surface area contributed by atoms with Gasteiger partial charge in [0.2, 0.25) is 5.95 Å². The molecule has 0 bridgehead atoms. The van der Waals surface area contributed by atoms with Gasteiger partial charge in [-0.25, -0.2) is 4.68 Å². The Labute approximate surface area is 71.8 Å². The minimum Gasteiger partial charge on any atom is -0.368 e. The van der Waals surface area contributed by atoms with Crippen molar-refractivity contribution in [3.05, 3.63) is 5.82 Å².